The molecule has 4 nitrogen and oxygen atoms in total. The molecule has 4 rings (SSSR count). The van der Waals surface area contributed by atoms with Gasteiger partial charge in [-0.2, -0.15) is 0 Å². The van der Waals surface area contributed by atoms with Crippen molar-refractivity contribution in [3.05, 3.63) is 88.1 Å². The fraction of sp³-hybridized carbons (Fsp3) is 0.182. The van der Waals surface area contributed by atoms with Gasteiger partial charge in [0.15, 0.2) is 0 Å². The number of rotatable bonds is 6. The first kappa shape index (κ1) is 17.5. The molecule has 0 saturated heterocycles. The zero-order chi connectivity index (χ0) is 18.6. The third kappa shape index (κ3) is 3.93. The van der Waals surface area contributed by atoms with E-state index in [1.54, 1.807) is 13.2 Å². The maximum atomic E-state index is 12.2. The maximum Gasteiger partial charge on any atom is 0.375 e. The molecule has 0 spiro atoms. The number of benzene rings is 2. The summed E-state index contributed by atoms with van der Waals surface area (Å²) in [7, 11) is 1.66. The second-order valence-electron chi connectivity index (χ2n) is 6.42. The van der Waals surface area contributed by atoms with E-state index >= 15 is 0 Å². The predicted octanol–water partition coefficient (Wildman–Crippen LogP) is 5.12. The fourth-order valence-electron chi connectivity index (χ4n) is 3.19. The fourth-order valence-corrected chi connectivity index (χ4v) is 3.78. The molecular formula is C22H19NO3S. The first-order chi connectivity index (χ1) is 13.3. The first-order valence-corrected chi connectivity index (χ1v) is 9.66. The largest absolute Gasteiger partial charge is 0.497 e. The van der Waals surface area contributed by atoms with Crippen molar-refractivity contribution in [3.8, 4) is 5.75 Å². The highest BCUT2D eigenvalue weighted by Gasteiger charge is 2.43. The zero-order valence-corrected chi connectivity index (χ0v) is 15.7. The lowest BCUT2D eigenvalue weighted by atomic mass is 10.0. The van der Waals surface area contributed by atoms with Crippen LogP contribution in [0.3, 0.4) is 0 Å². The maximum absolute atomic E-state index is 12.2. The lowest BCUT2D eigenvalue weighted by Gasteiger charge is -2.07. The van der Waals surface area contributed by atoms with E-state index in [2.05, 4.69) is 17.3 Å². The number of oxime groups is 1. The van der Waals surface area contributed by atoms with E-state index in [0.29, 0.717) is 10.8 Å². The highest BCUT2D eigenvalue weighted by molar-refractivity contribution is 7.11. The molecular weight excluding hydrogens is 358 g/mol. The Balaban J connectivity index is 1.56. The van der Waals surface area contributed by atoms with Crippen LogP contribution in [-0.2, 0) is 4.84 Å². The summed E-state index contributed by atoms with van der Waals surface area (Å²) in [5.74, 6) is 1.03. The first-order valence-electron chi connectivity index (χ1n) is 8.78. The Morgan fingerprint density at radius 1 is 1.04 bits per heavy atom. The molecule has 0 N–H and O–H groups in total. The Kier molecular flexibility index (Phi) is 5.03. The van der Waals surface area contributed by atoms with Crippen molar-refractivity contribution in [1.29, 1.82) is 0 Å². The number of thiophene rings is 1. The molecule has 2 atom stereocenters. The quantitative estimate of drug-likeness (QED) is 0.340. The van der Waals surface area contributed by atoms with Crippen LogP contribution in [0.2, 0.25) is 0 Å². The molecule has 1 aromatic heterocycles. The van der Waals surface area contributed by atoms with Gasteiger partial charge in [-0.05, 0) is 47.0 Å². The Hall–Kier alpha value is -2.92. The number of hydrogen-bond acceptors (Lipinski definition) is 5. The Bertz CT molecular complexity index is 933. The van der Waals surface area contributed by atoms with Crippen molar-refractivity contribution in [1.82, 2.24) is 0 Å². The van der Waals surface area contributed by atoms with Crippen molar-refractivity contribution < 1.29 is 14.4 Å². The molecule has 1 fully saturated rings. The van der Waals surface area contributed by atoms with E-state index in [-0.39, 0.29) is 5.92 Å². The molecule has 27 heavy (non-hydrogen) atoms. The molecule has 136 valence electrons. The van der Waals surface area contributed by atoms with Crippen molar-refractivity contribution in [2.45, 2.75) is 12.3 Å². The third-order valence-corrected chi connectivity index (χ3v) is 5.55. The van der Waals surface area contributed by atoms with Gasteiger partial charge in [-0.25, -0.2) is 4.79 Å². The van der Waals surface area contributed by atoms with Crippen molar-refractivity contribution in [3.63, 3.8) is 0 Å². The Labute approximate surface area is 162 Å². The predicted molar refractivity (Wildman–Crippen MR) is 107 cm³/mol. The van der Waals surface area contributed by atoms with Gasteiger partial charge in [0, 0.05) is 5.92 Å². The lowest BCUT2D eigenvalue weighted by Crippen LogP contribution is -2.08. The van der Waals surface area contributed by atoms with Crippen LogP contribution in [0.25, 0.3) is 0 Å². The summed E-state index contributed by atoms with van der Waals surface area (Å²) in [6, 6.07) is 21.6. The minimum atomic E-state index is -0.417. The number of ether oxygens (including phenoxy) is 1. The van der Waals surface area contributed by atoms with E-state index in [0.717, 1.165) is 23.4 Å². The Morgan fingerprint density at radius 2 is 1.81 bits per heavy atom. The average molecular weight is 377 g/mol. The summed E-state index contributed by atoms with van der Waals surface area (Å²) in [6.07, 6.45) is 0.983. The van der Waals surface area contributed by atoms with Crippen LogP contribution in [0.1, 0.15) is 33.1 Å². The summed E-state index contributed by atoms with van der Waals surface area (Å²) in [4.78, 5) is 18.0. The van der Waals surface area contributed by atoms with Gasteiger partial charge in [-0.15, -0.1) is 11.3 Å². The average Bonchev–Trinajstić information content (AvgIpc) is 3.30. The van der Waals surface area contributed by atoms with Crippen LogP contribution >= 0.6 is 11.3 Å². The molecule has 5 heteroatoms. The van der Waals surface area contributed by atoms with Gasteiger partial charge in [0.05, 0.1) is 12.8 Å². The number of hydrogen-bond donors (Lipinski definition) is 0. The van der Waals surface area contributed by atoms with Gasteiger partial charge < -0.3 is 9.57 Å². The van der Waals surface area contributed by atoms with Gasteiger partial charge in [-0.1, -0.05) is 53.7 Å². The molecule has 1 heterocycles. The van der Waals surface area contributed by atoms with Crippen LogP contribution < -0.4 is 4.74 Å². The zero-order valence-electron chi connectivity index (χ0n) is 14.9. The van der Waals surface area contributed by atoms with Crippen LogP contribution in [0.4, 0.5) is 0 Å². The van der Waals surface area contributed by atoms with Gasteiger partial charge in [0.25, 0.3) is 0 Å². The van der Waals surface area contributed by atoms with E-state index < -0.39 is 5.97 Å². The third-order valence-electron chi connectivity index (χ3n) is 4.70. The molecule has 1 saturated carbocycles. The highest BCUT2D eigenvalue weighted by Crippen LogP contribution is 2.49. The molecule has 1 aliphatic carbocycles. The summed E-state index contributed by atoms with van der Waals surface area (Å²) in [5, 5.41) is 6.12. The van der Waals surface area contributed by atoms with E-state index in [1.165, 1.54) is 16.9 Å². The van der Waals surface area contributed by atoms with E-state index in [4.69, 9.17) is 9.57 Å². The molecule has 0 radical (unpaired) electrons. The molecule has 0 amide bonds. The van der Waals surface area contributed by atoms with Gasteiger partial charge in [-0.3, -0.25) is 0 Å². The normalized spacial score (nSPS) is 18.8. The second-order valence-corrected chi connectivity index (χ2v) is 7.37. The van der Waals surface area contributed by atoms with Gasteiger partial charge in [0.1, 0.15) is 10.6 Å². The Morgan fingerprint density at radius 3 is 2.48 bits per heavy atom. The van der Waals surface area contributed by atoms with E-state index in [1.807, 2.05) is 53.9 Å². The van der Waals surface area contributed by atoms with E-state index in [9.17, 15) is 4.79 Å². The number of nitrogens with zero attached hydrogens (tertiary/aromatic N) is 1. The second kappa shape index (κ2) is 7.76. The SMILES string of the molecule is COc1ccc(C2CC2C(=NOC(=O)c2cccs2)c2ccccc2)cc1. The summed E-state index contributed by atoms with van der Waals surface area (Å²) in [5.41, 5.74) is 3.05. The van der Waals surface area contributed by atoms with Gasteiger partial charge in [0.2, 0.25) is 0 Å². The molecule has 2 unspecified atom stereocenters. The molecule has 3 aromatic rings. The van der Waals surface area contributed by atoms with Crippen LogP contribution in [-0.4, -0.2) is 18.8 Å². The number of carbonyl (C=O) groups excluding carboxylic acids is 1. The van der Waals surface area contributed by atoms with Crippen molar-refractivity contribution in [2.24, 2.45) is 11.1 Å². The number of carbonyl (C=O) groups is 1. The molecule has 0 aliphatic heterocycles. The van der Waals surface area contributed by atoms with Crippen molar-refractivity contribution in [2.75, 3.05) is 7.11 Å². The van der Waals surface area contributed by atoms with Crippen LogP contribution in [0.5, 0.6) is 5.75 Å². The van der Waals surface area contributed by atoms with Gasteiger partial charge >= 0.3 is 5.97 Å². The molecule has 0 bridgehead atoms. The standard InChI is InChI=1S/C22H19NO3S/c1-25-17-11-9-15(10-12-17)18-14-19(18)21(16-6-3-2-4-7-16)23-26-22(24)20-8-5-13-27-20/h2-13,18-19H,14H2,1H3. The monoisotopic (exact) mass is 377 g/mol. The molecule has 1 aliphatic rings. The minimum absolute atomic E-state index is 0.233. The minimum Gasteiger partial charge on any atom is -0.497 e. The van der Waals surface area contributed by atoms with Crippen LogP contribution in [0, 0.1) is 5.92 Å². The topological polar surface area (TPSA) is 47.9 Å². The molecule has 2 aromatic carbocycles. The van der Waals surface area contributed by atoms with Crippen LogP contribution in [0.15, 0.2) is 77.3 Å². The summed E-state index contributed by atoms with van der Waals surface area (Å²) < 4.78 is 5.23. The highest BCUT2D eigenvalue weighted by atomic mass is 32.1. The summed E-state index contributed by atoms with van der Waals surface area (Å²) >= 11 is 1.35. The summed E-state index contributed by atoms with van der Waals surface area (Å²) in [6.45, 7) is 0. The number of methoxy groups -OCH3 is 1. The van der Waals surface area contributed by atoms with Crippen molar-refractivity contribution >= 4 is 23.0 Å². The lowest BCUT2D eigenvalue weighted by molar-refractivity contribution is 0.0521. The smallest absolute Gasteiger partial charge is 0.375 e.